The van der Waals surface area contributed by atoms with Crippen LogP contribution in [-0.4, -0.2) is 51.6 Å². The number of aromatic hydroxyl groups is 1. The molecule has 0 spiro atoms. The SMILES string of the molecule is CN(C)[C@H](CNc1nc(=O)cc(Cc2cc3ccccc3s2)[nH]1)Cc1ccnc(O)c1. The Bertz CT molecular complexity index is 1200. The van der Waals surface area contributed by atoms with Gasteiger partial charge in [-0.05, 0) is 49.7 Å². The number of likely N-dealkylation sites (N-methyl/N-ethyl adjacent to an activating group) is 1. The lowest BCUT2D eigenvalue weighted by Crippen LogP contribution is -2.37. The summed E-state index contributed by atoms with van der Waals surface area (Å²) in [5.74, 6) is 0.482. The maximum atomic E-state index is 12.2. The van der Waals surface area contributed by atoms with E-state index in [0.717, 1.165) is 17.7 Å². The number of anilines is 1. The molecule has 0 saturated carbocycles. The van der Waals surface area contributed by atoms with E-state index >= 15 is 0 Å². The van der Waals surface area contributed by atoms with E-state index in [4.69, 9.17) is 0 Å². The number of thiophene rings is 1. The Morgan fingerprint density at radius 3 is 2.81 bits per heavy atom. The summed E-state index contributed by atoms with van der Waals surface area (Å²) in [6, 6.07) is 15.7. The van der Waals surface area contributed by atoms with Gasteiger partial charge in [0, 0.05) is 52.6 Å². The Balaban J connectivity index is 1.46. The topological polar surface area (TPSA) is 94.1 Å². The zero-order valence-corrected chi connectivity index (χ0v) is 18.3. The van der Waals surface area contributed by atoms with Crippen molar-refractivity contribution >= 4 is 27.4 Å². The third kappa shape index (κ3) is 5.48. The second kappa shape index (κ2) is 9.28. The molecule has 4 rings (SSSR count). The lowest BCUT2D eigenvalue weighted by molar-refractivity contribution is 0.302. The van der Waals surface area contributed by atoms with Crippen LogP contribution in [0, 0.1) is 0 Å². The van der Waals surface area contributed by atoms with Crippen LogP contribution in [-0.2, 0) is 12.8 Å². The van der Waals surface area contributed by atoms with Crippen molar-refractivity contribution in [3.05, 3.63) is 81.2 Å². The third-order valence-electron chi connectivity index (χ3n) is 5.16. The molecule has 3 N–H and O–H groups in total. The molecule has 8 heteroatoms. The summed E-state index contributed by atoms with van der Waals surface area (Å²) >= 11 is 1.73. The van der Waals surface area contributed by atoms with Crippen molar-refractivity contribution in [2.45, 2.75) is 18.9 Å². The molecular weight excluding hydrogens is 410 g/mol. The van der Waals surface area contributed by atoms with E-state index in [-0.39, 0.29) is 17.5 Å². The van der Waals surface area contributed by atoms with Crippen LogP contribution in [0.4, 0.5) is 5.95 Å². The maximum absolute atomic E-state index is 12.2. The molecule has 7 nitrogen and oxygen atoms in total. The fourth-order valence-electron chi connectivity index (χ4n) is 3.51. The minimum atomic E-state index is -0.266. The first-order valence-electron chi connectivity index (χ1n) is 10.1. The van der Waals surface area contributed by atoms with Gasteiger partial charge in [-0.2, -0.15) is 4.98 Å². The van der Waals surface area contributed by atoms with Gasteiger partial charge in [0.2, 0.25) is 11.8 Å². The first-order valence-corrected chi connectivity index (χ1v) is 10.9. The number of nitrogens with zero attached hydrogens (tertiary/aromatic N) is 3. The first kappa shape index (κ1) is 21.0. The van der Waals surface area contributed by atoms with E-state index in [1.807, 2.05) is 32.3 Å². The highest BCUT2D eigenvalue weighted by molar-refractivity contribution is 7.19. The molecule has 31 heavy (non-hydrogen) atoms. The third-order valence-corrected chi connectivity index (χ3v) is 6.27. The summed E-state index contributed by atoms with van der Waals surface area (Å²) in [6.07, 6.45) is 2.97. The van der Waals surface area contributed by atoms with Crippen molar-refractivity contribution in [3.63, 3.8) is 0 Å². The number of aromatic nitrogens is 3. The standard InChI is InChI=1S/C23H25N5O2S/c1-28(2)18(9-15-7-8-24-21(29)10-15)14-25-23-26-17(13-22(30)27-23)12-19-11-16-5-3-4-6-20(16)31-19/h3-8,10-11,13,18H,9,12,14H2,1-2H3,(H,24,29)(H2,25,26,27,30)/t18-/m0/s1. The number of rotatable bonds is 8. The van der Waals surface area contributed by atoms with Gasteiger partial charge in [0.05, 0.1) is 0 Å². The smallest absolute Gasteiger partial charge is 0.274 e. The Labute approximate surface area is 184 Å². The molecule has 3 heterocycles. The maximum Gasteiger partial charge on any atom is 0.274 e. The predicted octanol–water partition coefficient (Wildman–Crippen LogP) is 3.26. The molecule has 0 saturated heterocycles. The van der Waals surface area contributed by atoms with Gasteiger partial charge in [0.1, 0.15) is 0 Å². The van der Waals surface area contributed by atoms with Crippen LogP contribution in [0.3, 0.4) is 0 Å². The summed E-state index contributed by atoms with van der Waals surface area (Å²) in [6.45, 7) is 0.589. The number of hydrogen-bond donors (Lipinski definition) is 3. The Morgan fingerprint density at radius 2 is 2.03 bits per heavy atom. The highest BCUT2D eigenvalue weighted by Gasteiger charge is 2.14. The molecule has 0 amide bonds. The van der Waals surface area contributed by atoms with Gasteiger partial charge in [-0.25, -0.2) is 4.98 Å². The van der Waals surface area contributed by atoms with Crippen molar-refractivity contribution in [2.75, 3.05) is 26.0 Å². The summed E-state index contributed by atoms with van der Waals surface area (Å²) < 4.78 is 1.24. The molecule has 0 aliphatic rings. The van der Waals surface area contributed by atoms with E-state index in [1.54, 1.807) is 29.7 Å². The largest absolute Gasteiger partial charge is 0.493 e. The Kier molecular flexibility index (Phi) is 6.29. The van der Waals surface area contributed by atoms with Crippen LogP contribution in [0.15, 0.2) is 59.5 Å². The second-order valence-corrected chi connectivity index (χ2v) is 8.91. The Hall–Kier alpha value is -3.23. The van der Waals surface area contributed by atoms with E-state index in [1.165, 1.54) is 15.0 Å². The van der Waals surface area contributed by atoms with Gasteiger partial charge in [-0.15, -0.1) is 11.3 Å². The van der Waals surface area contributed by atoms with Crippen molar-refractivity contribution in [1.82, 2.24) is 19.9 Å². The molecule has 1 aromatic carbocycles. The van der Waals surface area contributed by atoms with Crippen LogP contribution >= 0.6 is 11.3 Å². The molecular formula is C23H25N5O2S. The van der Waals surface area contributed by atoms with Gasteiger partial charge in [0.15, 0.2) is 0 Å². The van der Waals surface area contributed by atoms with E-state index in [0.29, 0.717) is 18.9 Å². The number of nitrogens with one attached hydrogen (secondary N) is 2. The molecule has 0 fully saturated rings. The number of pyridine rings is 1. The molecule has 160 valence electrons. The monoisotopic (exact) mass is 435 g/mol. The van der Waals surface area contributed by atoms with E-state index in [9.17, 15) is 9.90 Å². The van der Waals surface area contributed by atoms with Crippen molar-refractivity contribution in [2.24, 2.45) is 0 Å². The summed E-state index contributed by atoms with van der Waals surface area (Å²) in [5.41, 5.74) is 1.56. The molecule has 0 unspecified atom stereocenters. The zero-order valence-electron chi connectivity index (χ0n) is 17.5. The zero-order chi connectivity index (χ0) is 21.8. The molecule has 0 aliphatic carbocycles. The fourth-order valence-corrected chi connectivity index (χ4v) is 4.60. The number of fused-ring (bicyclic) bond motifs is 1. The van der Waals surface area contributed by atoms with Gasteiger partial charge in [-0.3, -0.25) is 4.79 Å². The van der Waals surface area contributed by atoms with Crippen LogP contribution in [0.25, 0.3) is 10.1 Å². The van der Waals surface area contributed by atoms with Crippen molar-refractivity contribution in [1.29, 1.82) is 0 Å². The predicted molar refractivity (Wildman–Crippen MR) is 125 cm³/mol. The van der Waals surface area contributed by atoms with Crippen molar-refractivity contribution < 1.29 is 5.11 Å². The fraction of sp³-hybridized carbons (Fsp3) is 0.261. The van der Waals surface area contributed by atoms with Gasteiger partial charge in [-0.1, -0.05) is 18.2 Å². The molecule has 1 atom stereocenters. The second-order valence-electron chi connectivity index (χ2n) is 7.75. The van der Waals surface area contributed by atoms with Crippen LogP contribution in [0.1, 0.15) is 16.1 Å². The molecule has 0 aliphatic heterocycles. The molecule has 0 radical (unpaired) electrons. The minimum Gasteiger partial charge on any atom is -0.493 e. The molecule has 4 aromatic rings. The van der Waals surface area contributed by atoms with Gasteiger partial charge < -0.3 is 20.3 Å². The number of aromatic amines is 1. The quantitative estimate of drug-likeness (QED) is 0.393. The van der Waals surface area contributed by atoms with Gasteiger partial charge >= 0.3 is 0 Å². The summed E-state index contributed by atoms with van der Waals surface area (Å²) in [4.78, 5) is 26.6. The lowest BCUT2D eigenvalue weighted by Gasteiger charge is -2.25. The molecule has 3 aromatic heterocycles. The lowest BCUT2D eigenvalue weighted by atomic mass is 10.1. The highest BCUT2D eigenvalue weighted by atomic mass is 32.1. The first-order chi connectivity index (χ1) is 15.0. The molecule has 0 bridgehead atoms. The Morgan fingerprint density at radius 1 is 1.19 bits per heavy atom. The normalized spacial score (nSPS) is 12.4. The van der Waals surface area contributed by atoms with Gasteiger partial charge in [0.25, 0.3) is 5.56 Å². The summed E-state index contributed by atoms with van der Waals surface area (Å²) in [7, 11) is 4.00. The van der Waals surface area contributed by atoms with Crippen LogP contribution < -0.4 is 10.9 Å². The van der Waals surface area contributed by atoms with Crippen LogP contribution in [0.2, 0.25) is 0 Å². The minimum absolute atomic E-state index is 0.0166. The number of H-pyrrole nitrogens is 1. The van der Waals surface area contributed by atoms with E-state index in [2.05, 4.69) is 43.4 Å². The van der Waals surface area contributed by atoms with Crippen LogP contribution in [0.5, 0.6) is 5.88 Å². The average molecular weight is 436 g/mol. The van der Waals surface area contributed by atoms with E-state index < -0.39 is 0 Å². The van der Waals surface area contributed by atoms with Crippen molar-refractivity contribution in [3.8, 4) is 5.88 Å². The summed E-state index contributed by atoms with van der Waals surface area (Å²) in [5, 5.41) is 14.1. The average Bonchev–Trinajstić information content (AvgIpc) is 3.12. The number of benzene rings is 1. The number of hydrogen-bond acceptors (Lipinski definition) is 7. The highest BCUT2D eigenvalue weighted by Crippen LogP contribution is 2.26.